The van der Waals surface area contributed by atoms with E-state index < -0.39 is 34.1 Å². The fourth-order valence-corrected chi connectivity index (χ4v) is 5.02. The van der Waals surface area contributed by atoms with Crippen molar-refractivity contribution in [3.8, 4) is 17.2 Å². The normalized spacial score (nSPS) is 16.1. The molecule has 0 radical (unpaired) electrons. The number of ketones is 1. The van der Waals surface area contributed by atoms with Gasteiger partial charge >= 0.3 is 11.6 Å². The molecule has 1 atom stereocenters. The first kappa shape index (κ1) is 25.5. The summed E-state index contributed by atoms with van der Waals surface area (Å²) in [5, 5.41) is 22.4. The highest BCUT2D eigenvalue weighted by molar-refractivity contribution is 6.09. The first-order valence-electron chi connectivity index (χ1n) is 11.9. The fourth-order valence-electron chi connectivity index (χ4n) is 5.02. The number of Topliss-reactive ketones (excluding diaryl/α,β-unsaturated/α-hetero) is 1. The first-order valence-corrected chi connectivity index (χ1v) is 11.9. The van der Waals surface area contributed by atoms with Crippen LogP contribution in [-0.4, -0.2) is 22.0 Å². The molecule has 1 aliphatic heterocycles. The number of benzene rings is 2. The Hall–Kier alpha value is -3.61. The molecule has 0 fully saturated rings. The van der Waals surface area contributed by atoms with Crippen molar-refractivity contribution in [1.29, 1.82) is 0 Å². The van der Waals surface area contributed by atoms with E-state index in [1.54, 1.807) is 6.92 Å². The summed E-state index contributed by atoms with van der Waals surface area (Å²) >= 11 is 0. The van der Waals surface area contributed by atoms with Gasteiger partial charge in [0.2, 0.25) is 0 Å². The third-order valence-corrected chi connectivity index (χ3v) is 6.79. The number of phenolic OH excluding ortho intramolecular Hbond substituents is 2. The van der Waals surface area contributed by atoms with Gasteiger partial charge in [0.15, 0.2) is 11.5 Å². The van der Waals surface area contributed by atoms with Crippen LogP contribution in [0.2, 0.25) is 0 Å². The monoisotopic (exact) mass is 492 g/mol. The van der Waals surface area contributed by atoms with Crippen LogP contribution in [0.15, 0.2) is 27.4 Å². The average Bonchev–Trinajstić information content (AvgIpc) is 2.70. The standard InChI is InChI=1S/C29H32O7/c1-13-9-19(31)35-26-21(13)25(34)22(14(2)30)27-23(26)16(12-20(32)36-27)15-10-17(28(3,4)5)24(33)18(11-15)29(6,7)8/h9-11,16,33-34H,12H2,1-8H3/t16-/m0/s1. The van der Waals surface area contributed by atoms with Crippen molar-refractivity contribution < 1.29 is 29.0 Å². The molecule has 2 aromatic carbocycles. The molecular formula is C29H32O7. The van der Waals surface area contributed by atoms with Crippen LogP contribution in [0.3, 0.4) is 0 Å². The number of hydrogen-bond acceptors (Lipinski definition) is 7. The van der Waals surface area contributed by atoms with Crippen molar-refractivity contribution in [2.75, 3.05) is 0 Å². The third kappa shape index (κ3) is 4.06. The molecule has 2 N–H and O–H groups in total. The lowest BCUT2D eigenvalue weighted by molar-refractivity contribution is -0.135. The lowest BCUT2D eigenvalue weighted by Gasteiger charge is -2.32. The molecule has 3 aromatic rings. The predicted octanol–water partition coefficient (Wildman–Crippen LogP) is 5.75. The average molecular weight is 493 g/mol. The van der Waals surface area contributed by atoms with Gasteiger partial charge in [-0.1, -0.05) is 53.7 Å². The Kier molecular flexibility index (Phi) is 5.82. The molecule has 1 aromatic heterocycles. The van der Waals surface area contributed by atoms with Gasteiger partial charge in [0.1, 0.15) is 22.6 Å². The zero-order valence-electron chi connectivity index (χ0n) is 22.0. The van der Waals surface area contributed by atoms with E-state index in [0.717, 1.165) is 0 Å². The number of carbonyl (C=O) groups is 2. The van der Waals surface area contributed by atoms with Crippen molar-refractivity contribution in [2.24, 2.45) is 0 Å². The molecule has 190 valence electrons. The van der Waals surface area contributed by atoms with Gasteiger partial charge in [0.05, 0.1) is 11.8 Å². The van der Waals surface area contributed by atoms with Crippen LogP contribution in [0.5, 0.6) is 17.2 Å². The molecule has 0 bridgehead atoms. The third-order valence-electron chi connectivity index (χ3n) is 6.79. The molecule has 36 heavy (non-hydrogen) atoms. The van der Waals surface area contributed by atoms with E-state index >= 15 is 0 Å². The Morgan fingerprint density at radius 2 is 1.50 bits per heavy atom. The number of esters is 1. The van der Waals surface area contributed by atoms with Gasteiger partial charge in [-0.2, -0.15) is 0 Å². The highest BCUT2D eigenvalue weighted by atomic mass is 16.5. The molecule has 0 saturated heterocycles. The molecule has 7 nitrogen and oxygen atoms in total. The molecule has 4 rings (SSSR count). The minimum atomic E-state index is -0.643. The minimum absolute atomic E-state index is 0.0696. The first-order chi connectivity index (χ1) is 16.5. The summed E-state index contributed by atoms with van der Waals surface area (Å²) in [7, 11) is 0. The number of aryl methyl sites for hydroxylation is 1. The van der Waals surface area contributed by atoms with Crippen LogP contribution >= 0.6 is 0 Å². The van der Waals surface area contributed by atoms with E-state index in [1.165, 1.54) is 13.0 Å². The predicted molar refractivity (Wildman–Crippen MR) is 136 cm³/mol. The fraction of sp³-hybridized carbons (Fsp3) is 0.414. The summed E-state index contributed by atoms with van der Waals surface area (Å²) in [5.41, 5.74) is 1.43. The maximum Gasteiger partial charge on any atom is 0.336 e. The van der Waals surface area contributed by atoms with Crippen LogP contribution in [0.1, 0.15) is 99.0 Å². The van der Waals surface area contributed by atoms with E-state index in [-0.39, 0.29) is 40.2 Å². The number of fused-ring (bicyclic) bond motifs is 3. The van der Waals surface area contributed by atoms with Crippen molar-refractivity contribution in [2.45, 2.75) is 78.6 Å². The lowest BCUT2D eigenvalue weighted by Crippen LogP contribution is -2.25. The van der Waals surface area contributed by atoms with Gasteiger partial charge < -0.3 is 19.4 Å². The maximum atomic E-state index is 12.8. The smallest absolute Gasteiger partial charge is 0.336 e. The Labute approximate surface area is 209 Å². The summed E-state index contributed by atoms with van der Waals surface area (Å²) < 4.78 is 11.1. The second kappa shape index (κ2) is 8.22. The SMILES string of the molecule is CC(=O)c1c2c(c3oc(=O)cc(C)c3c1O)[C@H](c1cc(C(C)(C)C)c(O)c(C(C)(C)C)c1)CC(=O)O2. The van der Waals surface area contributed by atoms with E-state index in [4.69, 9.17) is 9.15 Å². The topological polar surface area (TPSA) is 114 Å². The van der Waals surface area contributed by atoms with Crippen LogP contribution < -0.4 is 10.4 Å². The summed E-state index contributed by atoms with van der Waals surface area (Å²) in [5.74, 6) is -1.99. The van der Waals surface area contributed by atoms with Crippen molar-refractivity contribution in [3.05, 3.63) is 62.0 Å². The zero-order valence-corrected chi connectivity index (χ0v) is 22.0. The summed E-state index contributed by atoms with van der Waals surface area (Å²) in [6, 6.07) is 4.97. The summed E-state index contributed by atoms with van der Waals surface area (Å²) in [6.07, 6.45) is -0.0696. The number of ether oxygens (including phenoxy) is 1. The Balaban J connectivity index is 2.19. The van der Waals surface area contributed by atoms with Crippen LogP contribution in [0, 0.1) is 6.92 Å². The second-order valence-corrected chi connectivity index (χ2v) is 11.7. The van der Waals surface area contributed by atoms with Crippen molar-refractivity contribution in [3.63, 3.8) is 0 Å². The van der Waals surface area contributed by atoms with Crippen LogP contribution in [-0.2, 0) is 15.6 Å². The number of rotatable bonds is 2. The highest BCUT2D eigenvalue weighted by Gasteiger charge is 2.38. The van der Waals surface area contributed by atoms with Gasteiger partial charge in [-0.15, -0.1) is 0 Å². The lowest BCUT2D eigenvalue weighted by atomic mass is 9.75. The summed E-state index contributed by atoms with van der Waals surface area (Å²) in [6.45, 7) is 14.9. The van der Waals surface area contributed by atoms with Gasteiger partial charge in [0, 0.05) is 17.5 Å². The quantitative estimate of drug-likeness (QED) is 0.203. The van der Waals surface area contributed by atoms with Crippen molar-refractivity contribution >= 4 is 22.7 Å². The van der Waals surface area contributed by atoms with E-state index in [9.17, 15) is 24.6 Å². The maximum absolute atomic E-state index is 12.8. The Bertz CT molecular complexity index is 1460. The molecule has 7 heteroatoms. The Morgan fingerprint density at radius 1 is 0.944 bits per heavy atom. The zero-order chi connectivity index (χ0) is 26.9. The van der Waals surface area contributed by atoms with Gasteiger partial charge in [-0.25, -0.2) is 4.79 Å². The second-order valence-electron chi connectivity index (χ2n) is 11.7. The van der Waals surface area contributed by atoms with Crippen LogP contribution in [0.25, 0.3) is 11.0 Å². The van der Waals surface area contributed by atoms with E-state index in [0.29, 0.717) is 27.8 Å². The molecule has 0 spiro atoms. The highest BCUT2D eigenvalue weighted by Crippen LogP contribution is 2.51. The Morgan fingerprint density at radius 3 is 2.00 bits per heavy atom. The van der Waals surface area contributed by atoms with E-state index in [2.05, 4.69) is 0 Å². The number of phenols is 2. The van der Waals surface area contributed by atoms with E-state index in [1.807, 2.05) is 53.7 Å². The number of hydrogen-bond donors (Lipinski definition) is 2. The van der Waals surface area contributed by atoms with Crippen LogP contribution in [0.4, 0.5) is 0 Å². The molecule has 1 aliphatic rings. The molecule has 0 aliphatic carbocycles. The van der Waals surface area contributed by atoms with Gasteiger partial charge in [0.25, 0.3) is 0 Å². The molecule has 0 unspecified atom stereocenters. The molecule has 0 amide bonds. The number of aromatic hydroxyl groups is 2. The largest absolute Gasteiger partial charge is 0.507 e. The minimum Gasteiger partial charge on any atom is -0.507 e. The summed E-state index contributed by atoms with van der Waals surface area (Å²) in [4.78, 5) is 37.9. The van der Waals surface area contributed by atoms with Crippen molar-refractivity contribution in [1.82, 2.24) is 0 Å². The van der Waals surface area contributed by atoms with Gasteiger partial charge in [-0.05, 0) is 46.9 Å². The van der Waals surface area contributed by atoms with Gasteiger partial charge in [-0.3, -0.25) is 9.59 Å². The molecular weight excluding hydrogens is 460 g/mol. The molecule has 2 heterocycles. The molecule has 0 saturated carbocycles. The number of carbonyl (C=O) groups excluding carboxylic acids is 2.